The number of hydrogen-bond donors (Lipinski definition) is 3. The fraction of sp³-hybridized carbons (Fsp3) is 0.385. The summed E-state index contributed by atoms with van der Waals surface area (Å²) in [5.74, 6) is -0.605. The van der Waals surface area contributed by atoms with E-state index in [4.69, 9.17) is 5.11 Å². The molecule has 0 saturated carbocycles. The highest BCUT2D eigenvalue weighted by molar-refractivity contribution is 5.94. The normalized spacial score (nSPS) is 9.95. The first-order valence-corrected chi connectivity index (χ1v) is 6.10. The van der Waals surface area contributed by atoms with Gasteiger partial charge in [0.2, 0.25) is 0 Å². The van der Waals surface area contributed by atoms with Crippen LogP contribution < -0.4 is 10.6 Å². The van der Waals surface area contributed by atoms with Crippen LogP contribution >= 0.6 is 0 Å². The molecular formula is C13H17FN2O3. The van der Waals surface area contributed by atoms with Gasteiger partial charge in [-0.05, 0) is 43.5 Å². The Kier molecular flexibility index (Phi) is 6.35. The Morgan fingerprint density at radius 2 is 1.58 bits per heavy atom. The number of hydrogen-bond acceptors (Lipinski definition) is 2. The van der Waals surface area contributed by atoms with Crippen LogP contribution in [0.2, 0.25) is 0 Å². The van der Waals surface area contributed by atoms with E-state index in [0.717, 1.165) is 19.3 Å². The summed E-state index contributed by atoms with van der Waals surface area (Å²) in [6, 6.07) is 5.35. The molecule has 1 aromatic carbocycles. The van der Waals surface area contributed by atoms with Gasteiger partial charge in [-0.25, -0.2) is 9.18 Å². The van der Waals surface area contributed by atoms with E-state index in [1.165, 1.54) is 24.3 Å². The van der Waals surface area contributed by atoms with Gasteiger partial charge in [0.25, 0.3) is 5.91 Å². The molecule has 104 valence electrons. The van der Waals surface area contributed by atoms with E-state index in [0.29, 0.717) is 18.7 Å². The first-order valence-electron chi connectivity index (χ1n) is 6.10. The second kappa shape index (κ2) is 8.07. The van der Waals surface area contributed by atoms with Crippen molar-refractivity contribution in [1.82, 2.24) is 10.6 Å². The van der Waals surface area contributed by atoms with E-state index in [-0.39, 0.29) is 11.7 Å². The summed E-state index contributed by atoms with van der Waals surface area (Å²) in [7, 11) is 0. The van der Waals surface area contributed by atoms with Gasteiger partial charge >= 0.3 is 6.09 Å². The van der Waals surface area contributed by atoms with E-state index < -0.39 is 6.09 Å². The largest absolute Gasteiger partial charge is 0.465 e. The van der Waals surface area contributed by atoms with Gasteiger partial charge in [-0.3, -0.25) is 4.79 Å². The van der Waals surface area contributed by atoms with Crippen molar-refractivity contribution in [2.45, 2.75) is 19.3 Å². The Morgan fingerprint density at radius 1 is 1.00 bits per heavy atom. The zero-order valence-corrected chi connectivity index (χ0v) is 10.5. The summed E-state index contributed by atoms with van der Waals surface area (Å²) in [6.45, 7) is 0.935. The molecule has 0 aliphatic rings. The molecule has 2 amide bonds. The van der Waals surface area contributed by atoms with Gasteiger partial charge in [-0.2, -0.15) is 0 Å². The predicted molar refractivity (Wildman–Crippen MR) is 68.6 cm³/mol. The summed E-state index contributed by atoms with van der Waals surface area (Å²) in [6.07, 6.45) is 1.31. The van der Waals surface area contributed by atoms with Crippen LogP contribution in [0.25, 0.3) is 0 Å². The lowest BCUT2D eigenvalue weighted by Gasteiger charge is -2.05. The van der Waals surface area contributed by atoms with E-state index >= 15 is 0 Å². The summed E-state index contributed by atoms with van der Waals surface area (Å²) in [4.78, 5) is 21.8. The lowest BCUT2D eigenvalue weighted by atomic mass is 10.2. The van der Waals surface area contributed by atoms with Gasteiger partial charge in [-0.15, -0.1) is 0 Å². The minimum atomic E-state index is -1.02. The van der Waals surface area contributed by atoms with E-state index in [1.54, 1.807) is 0 Å². The van der Waals surface area contributed by atoms with Crippen molar-refractivity contribution < 1.29 is 19.1 Å². The van der Waals surface area contributed by atoms with Crippen molar-refractivity contribution in [2.24, 2.45) is 0 Å². The van der Waals surface area contributed by atoms with Crippen LogP contribution in [0, 0.1) is 5.82 Å². The fourth-order valence-corrected chi connectivity index (χ4v) is 1.53. The van der Waals surface area contributed by atoms with Crippen molar-refractivity contribution in [3.63, 3.8) is 0 Å². The van der Waals surface area contributed by atoms with E-state index in [2.05, 4.69) is 10.6 Å². The number of carbonyl (C=O) groups is 2. The van der Waals surface area contributed by atoms with Gasteiger partial charge in [0.15, 0.2) is 0 Å². The molecule has 0 aliphatic carbocycles. The number of nitrogens with one attached hydrogen (secondary N) is 2. The smallest absolute Gasteiger partial charge is 0.404 e. The molecule has 0 unspecified atom stereocenters. The Morgan fingerprint density at radius 3 is 2.16 bits per heavy atom. The third-order valence-corrected chi connectivity index (χ3v) is 2.52. The molecule has 0 spiro atoms. The highest BCUT2D eigenvalue weighted by Crippen LogP contribution is 2.02. The van der Waals surface area contributed by atoms with E-state index in [9.17, 15) is 14.0 Å². The van der Waals surface area contributed by atoms with Gasteiger partial charge in [0, 0.05) is 18.7 Å². The van der Waals surface area contributed by atoms with Gasteiger partial charge in [-0.1, -0.05) is 0 Å². The summed E-state index contributed by atoms with van der Waals surface area (Å²) < 4.78 is 12.7. The number of amides is 2. The SMILES string of the molecule is O=C(O)NCCCCCNC(=O)c1ccc(F)cc1. The van der Waals surface area contributed by atoms with E-state index in [1.807, 2.05) is 0 Å². The van der Waals surface area contributed by atoms with Crippen molar-refractivity contribution in [2.75, 3.05) is 13.1 Å². The highest BCUT2D eigenvalue weighted by Gasteiger charge is 2.04. The minimum Gasteiger partial charge on any atom is -0.465 e. The Bertz CT molecular complexity index is 420. The number of rotatable bonds is 7. The molecule has 0 heterocycles. The predicted octanol–water partition coefficient (Wildman–Crippen LogP) is 1.99. The number of carboxylic acid groups (broad SMARTS) is 1. The fourth-order valence-electron chi connectivity index (χ4n) is 1.53. The maximum absolute atomic E-state index is 12.7. The number of unbranched alkanes of at least 4 members (excludes halogenated alkanes) is 2. The Balaban J connectivity index is 2.11. The molecule has 0 aromatic heterocycles. The third kappa shape index (κ3) is 6.40. The maximum Gasteiger partial charge on any atom is 0.404 e. The second-order valence-electron chi connectivity index (χ2n) is 4.06. The molecule has 5 nitrogen and oxygen atoms in total. The molecule has 0 radical (unpaired) electrons. The van der Waals surface area contributed by atoms with Gasteiger partial charge in [0.1, 0.15) is 5.82 Å². The molecule has 0 atom stereocenters. The quantitative estimate of drug-likeness (QED) is 0.662. The molecule has 0 fully saturated rings. The van der Waals surface area contributed by atoms with Crippen LogP contribution in [0.4, 0.5) is 9.18 Å². The van der Waals surface area contributed by atoms with Crippen LogP contribution in [-0.4, -0.2) is 30.2 Å². The average molecular weight is 268 g/mol. The van der Waals surface area contributed by atoms with Crippen LogP contribution in [0.3, 0.4) is 0 Å². The lowest BCUT2D eigenvalue weighted by molar-refractivity contribution is 0.0953. The first kappa shape index (κ1) is 14.9. The zero-order chi connectivity index (χ0) is 14.1. The van der Waals surface area contributed by atoms with Crippen molar-refractivity contribution in [1.29, 1.82) is 0 Å². The Labute approximate surface area is 110 Å². The summed E-state index contributed by atoms with van der Waals surface area (Å²) >= 11 is 0. The maximum atomic E-state index is 12.7. The number of carbonyl (C=O) groups excluding carboxylic acids is 1. The molecule has 1 rings (SSSR count). The molecule has 6 heteroatoms. The minimum absolute atomic E-state index is 0.233. The molecule has 3 N–H and O–H groups in total. The lowest BCUT2D eigenvalue weighted by Crippen LogP contribution is -2.25. The molecule has 19 heavy (non-hydrogen) atoms. The van der Waals surface area contributed by atoms with Crippen LogP contribution in [0.5, 0.6) is 0 Å². The molecule has 1 aromatic rings. The third-order valence-electron chi connectivity index (χ3n) is 2.52. The molecule has 0 saturated heterocycles. The first-order chi connectivity index (χ1) is 9.09. The van der Waals surface area contributed by atoms with Crippen molar-refractivity contribution in [3.05, 3.63) is 35.6 Å². The van der Waals surface area contributed by atoms with Gasteiger partial charge < -0.3 is 15.7 Å². The molecule has 0 bridgehead atoms. The Hall–Kier alpha value is -2.11. The van der Waals surface area contributed by atoms with Crippen molar-refractivity contribution in [3.8, 4) is 0 Å². The second-order valence-corrected chi connectivity index (χ2v) is 4.06. The van der Waals surface area contributed by atoms with Crippen LogP contribution in [-0.2, 0) is 0 Å². The number of benzene rings is 1. The zero-order valence-electron chi connectivity index (χ0n) is 10.5. The summed E-state index contributed by atoms with van der Waals surface area (Å²) in [5.41, 5.74) is 0.425. The molecule has 0 aliphatic heterocycles. The topological polar surface area (TPSA) is 78.4 Å². The number of halogens is 1. The van der Waals surface area contributed by atoms with Gasteiger partial charge in [0.05, 0.1) is 0 Å². The van der Waals surface area contributed by atoms with Crippen molar-refractivity contribution >= 4 is 12.0 Å². The highest BCUT2D eigenvalue weighted by atomic mass is 19.1. The van der Waals surface area contributed by atoms with Crippen LogP contribution in [0.15, 0.2) is 24.3 Å². The molecular weight excluding hydrogens is 251 g/mol. The van der Waals surface area contributed by atoms with Crippen LogP contribution in [0.1, 0.15) is 29.6 Å². The monoisotopic (exact) mass is 268 g/mol. The standard InChI is InChI=1S/C13H17FN2O3/c14-11-6-4-10(5-7-11)12(17)15-8-2-1-3-9-16-13(18)19/h4-7,16H,1-3,8-9H2,(H,15,17)(H,18,19). The average Bonchev–Trinajstić information content (AvgIpc) is 2.38. The summed E-state index contributed by atoms with van der Waals surface area (Å²) in [5, 5.41) is 13.3.